The number of halogens is 3. The summed E-state index contributed by atoms with van der Waals surface area (Å²) in [6.45, 7) is -0.533. The van der Waals surface area contributed by atoms with Crippen LogP contribution in [0.25, 0.3) is 0 Å². The van der Waals surface area contributed by atoms with Crippen molar-refractivity contribution in [2.45, 2.75) is 6.18 Å². The molecule has 0 aliphatic rings. The largest absolute Gasteiger partial charge is 0.406 e. The number of hydrogen-bond acceptors (Lipinski definition) is 3. The number of nitrogens with zero attached hydrogens (tertiary/aromatic N) is 2. The first-order valence-electron chi connectivity index (χ1n) is 4.67. The standard InChI is InChI=1S/C11H8F3N3/c12-11(13,14)9(6-16)7-17-10-3-1-2-8(4-10)5-15/h1-4,9,17H,7H2. The lowest BCUT2D eigenvalue weighted by Gasteiger charge is -2.14. The Labute approximate surface area is 96.1 Å². The lowest BCUT2D eigenvalue weighted by atomic mass is 10.1. The smallest absolute Gasteiger partial charge is 0.383 e. The third-order valence-corrected chi connectivity index (χ3v) is 2.05. The van der Waals surface area contributed by atoms with E-state index >= 15 is 0 Å². The summed E-state index contributed by atoms with van der Waals surface area (Å²) in [6.07, 6.45) is -4.55. The summed E-state index contributed by atoms with van der Waals surface area (Å²) in [4.78, 5) is 0. The average molecular weight is 239 g/mol. The molecule has 1 atom stereocenters. The summed E-state index contributed by atoms with van der Waals surface area (Å²) in [6, 6.07) is 9.10. The van der Waals surface area contributed by atoms with Gasteiger partial charge in [0.15, 0.2) is 5.92 Å². The maximum atomic E-state index is 12.3. The van der Waals surface area contributed by atoms with Gasteiger partial charge in [-0.3, -0.25) is 0 Å². The molecule has 6 heteroatoms. The fraction of sp³-hybridized carbons (Fsp3) is 0.273. The zero-order chi connectivity index (χ0) is 12.9. The summed E-state index contributed by atoms with van der Waals surface area (Å²) in [5.74, 6) is -2.06. The van der Waals surface area contributed by atoms with Gasteiger partial charge in [-0.05, 0) is 18.2 Å². The van der Waals surface area contributed by atoms with E-state index in [1.54, 1.807) is 6.07 Å². The predicted molar refractivity (Wildman–Crippen MR) is 54.8 cm³/mol. The van der Waals surface area contributed by atoms with Gasteiger partial charge in [-0.1, -0.05) is 6.07 Å². The molecule has 1 aromatic carbocycles. The first-order valence-corrected chi connectivity index (χ1v) is 4.67. The molecule has 0 aliphatic heterocycles. The monoisotopic (exact) mass is 239 g/mol. The van der Waals surface area contributed by atoms with E-state index in [2.05, 4.69) is 5.32 Å². The van der Waals surface area contributed by atoms with Crippen LogP contribution in [0.15, 0.2) is 24.3 Å². The zero-order valence-electron chi connectivity index (χ0n) is 8.62. The van der Waals surface area contributed by atoms with Crippen LogP contribution < -0.4 is 5.32 Å². The van der Waals surface area contributed by atoms with Gasteiger partial charge in [0.1, 0.15) is 0 Å². The average Bonchev–Trinajstić information content (AvgIpc) is 2.28. The zero-order valence-corrected chi connectivity index (χ0v) is 8.62. The Hall–Kier alpha value is -2.21. The highest BCUT2D eigenvalue weighted by Crippen LogP contribution is 2.25. The number of benzene rings is 1. The van der Waals surface area contributed by atoms with Crippen LogP contribution >= 0.6 is 0 Å². The van der Waals surface area contributed by atoms with E-state index in [0.29, 0.717) is 11.3 Å². The molecule has 1 unspecified atom stereocenters. The Bertz CT molecular complexity index is 468. The predicted octanol–water partition coefficient (Wildman–Crippen LogP) is 2.67. The molecular formula is C11H8F3N3. The molecule has 17 heavy (non-hydrogen) atoms. The van der Waals surface area contributed by atoms with Crippen molar-refractivity contribution in [1.29, 1.82) is 10.5 Å². The fourth-order valence-electron chi connectivity index (χ4n) is 1.15. The number of nitriles is 2. The van der Waals surface area contributed by atoms with Gasteiger partial charge in [0, 0.05) is 12.2 Å². The van der Waals surface area contributed by atoms with E-state index in [9.17, 15) is 13.2 Å². The molecule has 0 fully saturated rings. The van der Waals surface area contributed by atoms with Gasteiger partial charge in [0.25, 0.3) is 0 Å². The molecule has 1 rings (SSSR count). The van der Waals surface area contributed by atoms with E-state index < -0.39 is 18.6 Å². The lowest BCUT2D eigenvalue weighted by molar-refractivity contribution is -0.155. The second-order valence-electron chi connectivity index (χ2n) is 3.30. The van der Waals surface area contributed by atoms with Crippen LogP contribution in [0.2, 0.25) is 0 Å². The second kappa shape index (κ2) is 5.22. The summed E-state index contributed by atoms with van der Waals surface area (Å²) < 4.78 is 36.8. The van der Waals surface area contributed by atoms with Gasteiger partial charge in [0.2, 0.25) is 0 Å². The van der Waals surface area contributed by atoms with Crippen molar-refractivity contribution in [2.24, 2.45) is 5.92 Å². The Morgan fingerprint density at radius 3 is 2.53 bits per heavy atom. The second-order valence-corrected chi connectivity index (χ2v) is 3.30. The van der Waals surface area contributed by atoms with Gasteiger partial charge < -0.3 is 5.32 Å². The van der Waals surface area contributed by atoms with Crippen LogP contribution in [0, 0.1) is 28.6 Å². The first kappa shape index (κ1) is 12.9. The van der Waals surface area contributed by atoms with Crippen LogP contribution in [0.1, 0.15) is 5.56 Å². The molecule has 0 saturated carbocycles. The first-order chi connectivity index (χ1) is 7.97. The van der Waals surface area contributed by atoms with E-state index in [1.165, 1.54) is 24.3 Å². The van der Waals surface area contributed by atoms with Gasteiger partial charge in [-0.2, -0.15) is 23.7 Å². The Morgan fingerprint density at radius 1 is 1.29 bits per heavy atom. The molecule has 0 saturated heterocycles. The minimum atomic E-state index is -4.55. The summed E-state index contributed by atoms with van der Waals surface area (Å²) in [7, 11) is 0. The number of hydrogen-bond donors (Lipinski definition) is 1. The fourth-order valence-corrected chi connectivity index (χ4v) is 1.15. The molecule has 88 valence electrons. The van der Waals surface area contributed by atoms with Crippen LogP contribution in [0.4, 0.5) is 18.9 Å². The van der Waals surface area contributed by atoms with Crippen molar-refractivity contribution in [2.75, 3.05) is 11.9 Å². The highest BCUT2D eigenvalue weighted by molar-refractivity contribution is 5.49. The van der Waals surface area contributed by atoms with E-state index in [4.69, 9.17) is 10.5 Å². The maximum absolute atomic E-state index is 12.3. The normalized spacial score (nSPS) is 12.3. The molecular weight excluding hydrogens is 231 g/mol. The maximum Gasteiger partial charge on any atom is 0.406 e. The van der Waals surface area contributed by atoms with Gasteiger partial charge >= 0.3 is 6.18 Å². The lowest BCUT2D eigenvalue weighted by Crippen LogP contribution is -2.28. The molecule has 3 nitrogen and oxygen atoms in total. The summed E-state index contributed by atoms with van der Waals surface area (Å²) >= 11 is 0. The van der Waals surface area contributed by atoms with Gasteiger partial charge in [-0.15, -0.1) is 0 Å². The van der Waals surface area contributed by atoms with Crippen LogP contribution in [-0.4, -0.2) is 12.7 Å². The third-order valence-electron chi connectivity index (χ3n) is 2.05. The molecule has 0 amide bonds. The quantitative estimate of drug-likeness (QED) is 0.882. The SMILES string of the molecule is N#Cc1cccc(NCC(C#N)C(F)(F)F)c1. The van der Waals surface area contributed by atoms with Gasteiger partial charge in [-0.25, -0.2) is 0 Å². The van der Waals surface area contributed by atoms with E-state index in [0.717, 1.165) is 0 Å². The number of alkyl halides is 3. The van der Waals surface area contributed by atoms with Crippen molar-refractivity contribution in [1.82, 2.24) is 0 Å². The highest BCUT2D eigenvalue weighted by atomic mass is 19.4. The summed E-state index contributed by atoms with van der Waals surface area (Å²) in [5, 5.41) is 19.5. The minimum Gasteiger partial charge on any atom is -0.383 e. The van der Waals surface area contributed by atoms with Crippen molar-refractivity contribution in [3.8, 4) is 12.1 Å². The van der Waals surface area contributed by atoms with Crippen molar-refractivity contribution in [3.05, 3.63) is 29.8 Å². The minimum absolute atomic E-state index is 0.343. The van der Waals surface area contributed by atoms with Crippen LogP contribution in [-0.2, 0) is 0 Å². The molecule has 0 aliphatic carbocycles. The highest BCUT2D eigenvalue weighted by Gasteiger charge is 2.39. The topological polar surface area (TPSA) is 59.6 Å². The molecule has 1 aromatic rings. The molecule has 0 spiro atoms. The number of nitrogens with one attached hydrogen (secondary N) is 1. The molecule has 0 bridgehead atoms. The van der Waals surface area contributed by atoms with Gasteiger partial charge in [0.05, 0.1) is 17.7 Å². The Morgan fingerprint density at radius 2 is 2.00 bits per heavy atom. The van der Waals surface area contributed by atoms with Crippen molar-refractivity contribution in [3.63, 3.8) is 0 Å². The Balaban J connectivity index is 2.68. The molecule has 0 aromatic heterocycles. The van der Waals surface area contributed by atoms with Crippen LogP contribution in [0.3, 0.4) is 0 Å². The third kappa shape index (κ3) is 3.69. The van der Waals surface area contributed by atoms with Crippen LogP contribution in [0.5, 0.6) is 0 Å². The molecule has 0 radical (unpaired) electrons. The number of anilines is 1. The van der Waals surface area contributed by atoms with E-state index in [1.807, 2.05) is 6.07 Å². The number of rotatable bonds is 3. The van der Waals surface area contributed by atoms with Crippen molar-refractivity contribution < 1.29 is 13.2 Å². The van der Waals surface area contributed by atoms with Crippen molar-refractivity contribution >= 4 is 5.69 Å². The van der Waals surface area contributed by atoms with E-state index in [-0.39, 0.29) is 0 Å². The summed E-state index contributed by atoms with van der Waals surface area (Å²) in [5.41, 5.74) is 0.726. The molecule has 0 heterocycles. The Kier molecular flexibility index (Phi) is 3.95. The molecule has 1 N–H and O–H groups in total.